The van der Waals surface area contributed by atoms with E-state index < -0.39 is 0 Å². The van der Waals surface area contributed by atoms with Crippen LogP contribution in [0.3, 0.4) is 0 Å². The molecule has 0 aliphatic carbocycles. The van der Waals surface area contributed by atoms with E-state index in [1.54, 1.807) is 6.20 Å². The Hall–Kier alpha value is -2.11. The first-order valence-corrected chi connectivity index (χ1v) is 9.61. The number of fused-ring (bicyclic) bond motifs is 1. The van der Waals surface area contributed by atoms with Crippen LogP contribution >= 0.6 is 11.6 Å². The summed E-state index contributed by atoms with van der Waals surface area (Å²) in [5.74, 6) is 0.638. The predicted octanol–water partition coefficient (Wildman–Crippen LogP) is 4.50. The van der Waals surface area contributed by atoms with Crippen LogP contribution in [0.4, 0.5) is 5.95 Å². The van der Waals surface area contributed by atoms with Gasteiger partial charge in [0.15, 0.2) is 0 Å². The predicted molar refractivity (Wildman–Crippen MR) is 108 cm³/mol. The number of nitrogens with zero attached hydrogens (tertiary/aromatic N) is 3. The summed E-state index contributed by atoms with van der Waals surface area (Å²) in [6.45, 7) is 6.38. The molecule has 2 aromatic heterocycles. The van der Waals surface area contributed by atoms with Gasteiger partial charge < -0.3 is 15.2 Å². The van der Waals surface area contributed by atoms with Crippen LogP contribution in [-0.4, -0.2) is 33.7 Å². The van der Waals surface area contributed by atoms with Crippen LogP contribution in [0.5, 0.6) is 0 Å². The lowest BCUT2D eigenvalue weighted by Crippen LogP contribution is -2.38. The summed E-state index contributed by atoms with van der Waals surface area (Å²) in [6, 6.07) is 9.10. The summed E-state index contributed by atoms with van der Waals surface area (Å²) < 4.78 is 2.27. The number of anilines is 1. The molecule has 4 rings (SSSR count). The summed E-state index contributed by atoms with van der Waals surface area (Å²) in [6.07, 6.45) is 6.14. The summed E-state index contributed by atoms with van der Waals surface area (Å²) in [7, 11) is 0. The van der Waals surface area contributed by atoms with Crippen LogP contribution in [0.2, 0.25) is 5.02 Å². The highest BCUT2D eigenvalue weighted by atomic mass is 35.5. The molecule has 1 aliphatic rings. The molecule has 26 heavy (non-hydrogen) atoms. The zero-order valence-corrected chi connectivity index (χ0v) is 15.9. The molecule has 3 heterocycles. The molecule has 1 fully saturated rings. The van der Waals surface area contributed by atoms with Crippen molar-refractivity contribution in [2.24, 2.45) is 0 Å². The molecule has 0 unspecified atom stereocenters. The Morgan fingerprint density at radius 2 is 2.15 bits per heavy atom. The Bertz CT molecular complexity index is 912. The number of aromatic nitrogens is 3. The smallest absolute Gasteiger partial charge is 0.223 e. The fourth-order valence-corrected chi connectivity index (χ4v) is 3.80. The zero-order chi connectivity index (χ0) is 18.1. The standard InChI is InChI=1S/C20H24ClN5/c1-13(2)26-12-16(15-7-3-4-8-18(15)26)19-17(21)11-23-20(25-19)24-14-6-5-9-22-10-14/h3-4,7-8,11-14,22H,5-6,9-10H2,1-2H3,(H,23,24,25)/t14-/m0/s1. The number of piperidine rings is 1. The second-order valence-electron chi connectivity index (χ2n) is 7.14. The summed E-state index contributed by atoms with van der Waals surface area (Å²) in [5.41, 5.74) is 3.02. The minimum atomic E-state index is 0.356. The maximum atomic E-state index is 6.49. The van der Waals surface area contributed by atoms with Crippen molar-refractivity contribution < 1.29 is 0 Å². The maximum absolute atomic E-state index is 6.49. The van der Waals surface area contributed by atoms with Gasteiger partial charge in [0.2, 0.25) is 5.95 Å². The second-order valence-corrected chi connectivity index (χ2v) is 7.55. The molecule has 3 aromatic rings. The van der Waals surface area contributed by atoms with Crippen LogP contribution < -0.4 is 10.6 Å². The summed E-state index contributed by atoms with van der Waals surface area (Å²) in [5, 5.41) is 8.58. The third kappa shape index (κ3) is 3.29. The van der Waals surface area contributed by atoms with Crippen molar-refractivity contribution in [2.75, 3.05) is 18.4 Å². The Balaban J connectivity index is 1.75. The highest BCUT2D eigenvalue weighted by Crippen LogP contribution is 2.35. The zero-order valence-electron chi connectivity index (χ0n) is 15.2. The SMILES string of the molecule is CC(C)n1cc(-c2nc(N[C@H]3CCCNC3)ncc2Cl)c2ccccc21. The Labute approximate surface area is 158 Å². The Morgan fingerprint density at radius 1 is 1.31 bits per heavy atom. The van der Waals surface area contributed by atoms with Gasteiger partial charge in [-0.3, -0.25) is 0 Å². The van der Waals surface area contributed by atoms with Gasteiger partial charge in [-0.1, -0.05) is 29.8 Å². The van der Waals surface area contributed by atoms with E-state index in [4.69, 9.17) is 16.6 Å². The van der Waals surface area contributed by atoms with Crippen molar-refractivity contribution in [3.63, 3.8) is 0 Å². The molecule has 2 N–H and O–H groups in total. The fraction of sp³-hybridized carbons (Fsp3) is 0.400. The number of para-hydroxylation sites is 1. The summed E-state index contributed by atoms with van der Waals surface area (Å²) in [4.78, 5) is 9.16. The van der Waals surface area contributed by atoms with E-state index in [9.17, 15) is 0 Å². The van der Waals surface area contributed by atoms with Crippen LogP contribution in [0.25, 0.3) is 22.2 Å². The van der Waals surface area contributed by atoms with Crippen LogP contribution in [-0.2, 0) is 0 Å². The quantitative estimate of drug-likeness (QED) is 0.711. The molecule has 1 atom stereocenters. The highest BCUT2D eigenvalue weighted by Gasteiger charge is 2.18. The Kier molecular flexibility index (Phi) is 4.83. The van der Waals surface area contributed by atoms with Crippen molar-refractivity contribution in [1.82, 2.24) is 19.9 Å². The van der Waals surface area contributed by atoms with Crippen LogP contribution in [0.15, 0.2) is 36.7 Å². The first-order valence-electron chi connectivity index (χ1n) is 9.23. The van der Waals surface area contributed by atoms with Gasteiger partial charge in [-0.15, -0.1) is 0 Å². The van der Waals surface area contributed by atoms with Crippen molar-refractivity contribution >= 4 is 28.5 Å². The molecule has 0 saturated carbocycles. The molecule has 1 aromatic carbocycles. The van der Waals surface area contributed by atoms with E-state index in [-0.39, 0.29) is 0 Å². The normalized spacial score (nSPS) is 17.8. The van der Waals surface area contributed by atoms with Gasteiger partial charge in [-0.2, -0.15) is 0 Å². The monoisotopic (exact) mass is 369 g/mol. The number of benzene rings is 1. The molecule has 0 radical (unpaired) electrons. The molecule has 1 aliphatic heterocycles. The van der Waals surface area contributed by atoms with E-state index in [1.165, 1.54) is 11.9 Å². The summed E-state index contributed by atoms with van der Waals surface area (Å²) >= 11 is 6.49. The molecular formula is C20H24ClN5. The lowest BCUT2D eigenvalue weighted by Gasteiger charge is -2.23. The molecule has 5 nitrogen and oxygen atoms in total. The van der Waals surface area contributed by atoms with E-state index >= 15 is 0 Å². The van der Waals surface area contributed by atoms with Crippen molar-refractivity contribution in [3.05, 3.63) is 41.7 Å². The largest absolute Gasteiger partial charge is 0.350 e. The van der Waals surface area contributed by atoms with Crippen LogP contribution in [0.1, 0.15) is 32.7 Å². The third-order valence-electron chi connectivity index (χ3n) is 4.93. The van der Waals surface area contributed by atoms with E-state index in [2.05, 4.69) is 64.5 Å². The van der Waals surface area contributed by atoms with Gasteiger partial charge in [0.25, 0.3) is 0 Å². The van der Waals surface area contributed by atoms with Gasteiger partial charge in [0.1, 0.15) is 0 Å². The number of rotatable bonds is 4. The molecule has 0 spiro atoms. The lowest BCUT2D eigenvalue weighted by molar-refractivity contribution is 0.478. The van der Waals surface area contributed by atoms with Crippen molar-refractivity contribution in [3.8, 4) is 11.3 Å². The lowest BCUT2D eigenvalue weighted by atomic mass is 10.1. The molecule has 1 saturated heterocycles. The molecule has 6 heteroatoms. The molecule has 0 amide bonds. The number of hydrogen-bond acceptors (Lipinski definition) is 4. The van der Waals surface area contributed by atoms with Crippen LogP contribution in [0, 0.1) is 0 Å². The average molecular weight is 370 g/mol. The first kappa shape index (κ1) is 17.3. The van der Waals surface area contributed by atoms with Gasteiger partial charge >= 0.3 is 0 Å². The van der Waals surface area contributed by atoms with E-state index in [0.717, 1.165) is 36.2 Å². The number of halogens is 1. The van der Waals surface area contributed by atoms with Crippen molar-refractivity contribution in [2.45, 2.75) is 38.8 Å². The fourth-order valence-electron chi connectivity index (χ4n) is 3.60. The molecular weight excluding hydrogens is 346 g/mol. The maximum Gasteiger partial charge on any atom is 0.223 e. The number of hydrogen-bond donors (Lipinski definition) is 2. The van der Waals surface area contributed by atoms with Gasteiger partial charge in [-0.25, -0.2) is 9.97 Å². The second kappa shape index (κ2) is 7.25. The molecule has 136 valence electrons. The van der Waals surface area contributed by atoms with Gasteiger partial charge in [0.05, 0.1) is 16.9 Å². The Morgan fingerprint density at radius 3 is 2.92 bits per heavy atom. The topological polar surface area (TPSA) is 54.8 Å². The van der Waals surface area contributed by atoms with Gasteiger partial charge in [-0.05, 0) is 39.3 Å². The molecule has 0 bridgehead atoms. The van der Waals surface area contributed by atoms with Gasteiger partial charge in [0, 0.05) is 41.3 Å². The van der Waals surface area contributed by atoms with E-state index in [0.29, 0.717) is 23.1 Å². The third-order valence-corrected chi connectivity index (χ3v) is 5.20. The number of nitrogens with one attached hydrogen (secondary N) is 2. The van der Waals surface area contributed by atoms with E-state index in [1.807, 2.05) is 0 Å². The minimum absolute atomic E-state index is 0.356. The first-order chi connectivity index (χ1) is 12.6. The average Bonchev–Trinajstić information content (AvgIpc) is 3.04. The highest BCUT2D eigenvalue weighted by molar-refractivity contribution is 6.33. The minimum Gasteiger partial charge on any atom is -0.350 e. The van der Waals surface area contributed by atoms with Crippen molar-refractivity contribution in [1.29, 1.82) is 0 Å².